The lowest BCUT2D eigenvalue weighted by Gasteiger charge is -2.35. The summed E-state index contributed by atoms with van der Waals surface area (Å²) in [4.78, 5) is 2.41. The summed E-state index contributed by atoms with van der Waals surface area (Å²) in [5.74, 6) is 1.62. The van der Waals surface area contributed by atoms with Gasteiger partial charge in [0.2, 0.25) is 0 Å². The minimum Gasteiger partial charge on any atom is -0.365 e. The van der Waals surface area contributed by atoms with Crippen molar-refractivity contribution in [2.45, 2.75) is 38.9 Å². The molecular formula is C17H19N5. The molecule has 1 aromatic carbocycles. The number of hydrogen-bond acceptors (Lipinski definition) is 4. The van der Waals surface area contributed by atoms with E-state index in [1.54, 1.807) is 0 Å². The van der Waals surface area contributed by atoms with Crippen molar-refractivity contribution in [3.05, 3.63) is 59.3 Å². The fourth-order valence-electron chi connectivity index (χ4n) is 3.63. The van der Waals surface area contributed by atoms with E-state index in [1.807, 2.05) is 13.0 Å². The van der Waals surface area contributed by atoms with Gasteiger partial charge in [-0.05, 0) is 25.5 Å². The van der Waals surface area contributed by atoms with E-state index < -0.39 is 0 Å². The SMILES string of the molecule is CC1=CC2C(CC(=N)c3nnc(C)n32)N1Cc1ccccc1. The predicted octanol–water partition coefficient (Wildman–Crippen LogP) is 2.69. The summed E-state index contributed by atoms with van der Waals surface area (Å²) >= 11 is 0. The summed E-state index contributed by atoms with van der Waals surface area (Å²) in [6, 6.07) is 11.0. The molecule has 0 amide bonds. The second-order valence-corrected chi connectivity index (χ2v) is 6.10. The van der Waals surface area contributed by atoms with Gasteiger partial charge in [-0.15, -0.1) is 10.2 Å². The van der Waals surface area contributed by atoms with Crippen LogP contribution < -0.4 is 0 Å². The van der Waals surface area contributed by atoms with Gasteiger partial charge in [0.15, 0.2) is 5.82 Å². The normalized spacial score (nSPS) is 23.3. The number of aryl methyl sites for hydroxylation is 1. The van der Waals surface area contributed by atoms with Gasteiger partial charge in [-0.2, -0.15) is 0 Å². The monoisotopic (exact) mass is 293 g/mol. The molecule has 22 heavy (non-hydrogen) atoms. The fourth-order valence-corrected chi connectivity index (χ4v) is 3.63. The molecule has 2 unspecified atom stereocenters. The van der Waals surface area contributed by atoms with Gasteiger partial charge < -0.3 is 14.9 Å². The Labute approximate surface area is 129 Å². The lowest BCUT2D eigenvalue weighted by Crippen LogP contribution is -2.41. The first-order valence-electron chi connectivity index (χ1n) is 7.63. The Balaban J connectivity index is 1.70. The summed E-state index contributed by atoms with van der Waals surface area (Å²) in [6.07, 6.45) is 3.02. The summed E-state index contributed by atoms with van der Waals surface area (Å²) < 4.78 is 2.12. The first-order chi connectivity index (χ1) is 10.6. The molecule has 4 rings (SSSR count). The van der Waals surface area contributed by atoms with Crippen LogP contribution in [0.15, 0.2) is 42.1 Å². The number of rotatable bonds is 2. The summed E-state index contributed by atoms with van der Waals surface area (Å²) in [7, 11) is 0. The number of hydrogen-bond donors (Lipinski definition) is 1. The van der Waals surface area contributed by atoms with E-state index in [1.165, 1.54) is 11.3 Å². The molecule has 0 aliphatic carbocycles. The lowest BCUT2D eigenvalue weighted by molar-refractivity contribution is 0.228. The van der Waals surface area contributed by atoms with Crippen molar-refractivity contribution in [1.29, 1.82) is 5.41 Å². The Kier molecular flexibility index (Phi) is 2.89. The molecule has 5 heteroatoms. The highest BCUT2D eigenvalue weighted by Gasteiger charge is 2.40. The van der Waals surface area contributed by atoms with E-state index in [2.05, 4.69) is 56.9 Å². The van der Waals surface area contributed by atoms with E-state index in [0.717, 1.165) is 24.6 Å². The number of nitrogens with one attached hydrogen (secondary N) is 1. The minimum absolute atomic E-state index is 0.239. The number of aromatic nitrogens is 3. The predicted molar refractivity (Wildman–Crippen MR) is 84.8 cm³/mol. The number of allylic oxidation sites excluding steroid dienone is 1. The van der Waals surface area contributed by atoms with Gasteiger partial charge in [-0.3, -0.25) is 0 Å². The van der Waals surface area contributed by atoms with Crippen LogP contribution in [-0.2, 0) is 6.54 Å². The van der Waals surface area contributed by atoms with Crippen molar-refractivity contribution >= 4 is 5.71 Å². The van der Waals surface area contributed by atoms with E-state index in [4.69, 9.17) is 5.41 Å². The molecule has 2 aliphatic heterocycles. The largest absolute Gasteiger partial charge is 0.365 e. The molecule has 3 heterocycles. The molecule has 1 aromatic heterocycles. The Morgan fingerprint density at radius 3 is 2.73 bits per heavy atom. The highest BCUT2D eigenvalue weighted by Crippen LogP contribution is 2.38. The van der Waals surface area contributed by atoms with E-state index in [9.17, 15) is 0 Å². The van der Waals surface area contributed by atoms with Crippen LogP contribution in [0.4, 0.5) is 0 Å². The van der Waals surface area contributed by atoms with Crippen molar-refractivity contribution in [3.8, 4) is 0 Å². The number of benzene rings is 1. The average molecular weight is 293 g/mol. The van der Waals surface area contributed by atoms with Gasteiger partial charge in [0.05, 0.1) is 17.8 Å². The molecule has 1 N–H and O–H groups in total. The van der Waals surface area contributed by atoms with Crippen LogP contribution in [0.2, 0.25) is 0 Å². The van der Waals surface area contributed by atoms with Crippen LogP contribution >= 0.6 is 0 Å². The van der Waals surface area contributed by atoms with Gasteiger partial charge >= 0.3 is 0 Å². The van der Waals surface area contributed by atoms with Crippen molar-refractivity contribution in [2.24, 2.45) is 0 Å². The second kappa shape index (κ2) is 4.80. The Morgan fingerprint density at radius 1 is 1.18 bits per heavy atom. The van der Waals surface area contributed by atoms with Gasteiger partial charge in [0, 0.05) is 18.7 Å². The molecule has 2 aromatic rings. The van der Waals surface area contributed by atoms with E-state index in [0.29, 0.717) is 5.71 Å². The van der Waals surface area contributed by atoms with Crippen LogP contribution in [-0.4, -0.2) is 31.4 Å². The fraction of sp³-hybridized carbons (Fsp3) is 0.353. The maximum absolute atomic E-state index is 8.30. The van der Waals surface area contributed by atoms with Crippen LogP contribution in [0.1, 0.15) is 36.6 Å². The molecule has 5 nitrogen and oxygen atoms in total. The zero-order chi connectivity index (χ0) is 15.3. The van der Waals surface area contributed by atoms with Crippen LogP contribution in [0, 0.1) is 12.3 Å². The smallest absolute Gasteiger partial charge is 0.178 e. The van der Waals surface area contributed by atoms with Gasteiger partial charge in [-0.25, -0.2) is 0 Å². The third-order valence-electron chi connectivity index (χ3n) is 4.70. The molecule has 2 atom stereocenters. The van der Waals surface area contributed by atoms with Crippen molar-refractivity contribution in [1.82, 2.24) is 19.7 Å². The molecule has 112 valence electrons. The molecule has 0 bridgehead atoms. The molecular weight excluding hydrogens is 274 g/mol. The standard InChI is InChI=1S/C17H19N5/c1-11-8-16-15(21(11)10-13-6-4-3-5-7-13)9-14(18)17-20-19-12(2)22(16)17/h3-8,15-16,18H,9-10H2,1-2H3. The number of nitrogens with zero attached hydrogens (tertiary/aromatic N) is 4. The Hall–Kier alpha value is -2.43. The quantitative estimate of drug-likeness (QED) is 0.926. The van der Waals surface area contributed by atoms with Gasteiger partial charge in [0.25, 0.3) is 0 Å². The molecule has 0 spiro atoms. The van der Waals surface area contributed by atoms with Crippen LogP contribution in [0.5, 0.6) is 0 Å². The minimum atomic E-state index is 0.239. The number of fused-ring (bicyclic) bond motifs is 3. The zero-order valence-corrected chi connectivity index (χ0v) is 12.8. The van der Waals surface area contributed by atoms with Gasteiger partial charge in [-0.1, -0.05) is 30.3 Å². The Bertz CT molecular complexity index is 759. The molecule has 0 saturated heterocycles. The highest BCUT2D eigenvalue weighted by atomic mass is 15.3. The average Bonchev–Trinajstić information content (AvgIpc) is 3.04. The van der Waals surface area contributed by atoms with Gasteiger partial charge in [0.1, 0.15) is 5.82 Å². The zero-order valence-electron chi connectivity index (χ0n) is 12.8. The lowest BCUT2D eigenvalue weighted by atomic mass is 9.97. The summed E-state index contributed by atoms with van der Waals surface area (Å²) in [5.41, 5.74) is 3.16. The third-order valence-corrected chi connectivity index (χ3v) is 4.70. The summed E-state index contributed by atoms with van der Waals surface area (Å²) in [6.45, 7) is 5.01. The van der Waals surface area contributed by atoms with Crippen molar-refractivity contribution < 1.29 is 0 Å². The topological polar surface area (TPSA) is 57.8 Å². The first-order valence-corrected chi connectivity index (χ1v) is 7.63. The summed E-state index contributed by atoms with van der Waals surface area (Å²) in [5, 5.41) is 16.6. The van der Waals surface area contributed by atoms with E-state index >= 15 is 0 Å². The van der Waals surface area contributed by atoms with E-state index in [-0.39, 0.29) is 12.1 Å². The van der Waals surface area contributed by atoms with Crippen LogP contribution in [0.25, 0.3) is 0 Å². The maximum atomic E-state index is 8.30. The van der Waals surface area contributed by atoms with Crippen molar-refractivity contribution in [3.63, 3.8) is 0 Å². The third kappa shape index (κ3) is 1.89. The molecule has 0 fully saturated rings. The van der Waals surface area contributed by atoms with Crippen molar-refractivity contribution in [2.75, 3.05) is 0 Å². The molecule has 0 radical (unpaired) electrons. The highest BCUT2D eigenvalue weighted by molar-refractivity contribution is 5.96. The Morgan fingerprint density at radius 2 is 1.95 bits per heavy atom. The molecule has 0 saturated carbocycles. The van der Waals surface area contributed by atoms with Crippen LogP contribution in [0.3, 0.4) is 0 Å². The first kappa shape index (κ1) is 13.2. The maximum Gasteiger partial charge on any atom is 0.178 e. The molecule has 2 aliphatic rings. The second-order valence-electron chi connectivity index (χ2n) is 6.10.